The van der Waals surface area contributed by atoms with Gasteiger partial charge in [0.05, 0.1) is 12.7 Å². The van der Waals surface area contributed by atoms with Gasteiger partial charge in [0, 0.05) is 5.69 Å². The normalized spacial score (nSPS) is 9.39. The molecular formula is C14H14ClNO2. The van der Waals surface area contributed by atoms with Crippen LogP contribution in [0, 0.1) is 0 Å². The summed E-state index contributed by atoms with van der Waals surface area (Å²) >= 11 is 0. The summed E-state index contributed by atoms with van der Waals surface area (Å²) in [6.07, 6.45) is 0. The van der Waals surface area contributed by atoms with Crippen LogP contribution in [-0.2, 0) is 4.74 Å². The number of carbonyl (C=O) groups excluding carboxylic acids is 1. The van der Waals surface area contributed by atoms with Crippen LogP contribution in [-0.4, -0.2) is 13.1 Å². The molecule has 2 aromatic carbocycles. The topological polar surface area (TPSA) is 52.3 Å². The first-order chi connectivity index (χ1) is 8.20. The van der Waals surface area contributed by atoms with Crippen molar-refractivity contribution in [3.8, 4) is 11.1 Å². The van der Waals surface area contributed by atoms with E-state index in [4.69, 9.17) is 5.73 Å². The number of halogens is 1. The Morgan fingerprint density at radius 1 is 1.06 bits per heavy atom. The molecule has 0 fully saturated rings. The highest BCUT2D eigenvalue weighted by molar-refractivity contribution is 5.91. The van der Waals surface area contributed by atoms with E-state index in [9.17, 15) is 4.79 Å². The molecule has 0 aliphatic rings. The Bertz CT molecular complexity index is 538. The van der Waals surface area contributed by atoms with Crippen LogP contribution >= 0.6 is 12.4 Å². The van der Waals surface area contributed by atoms with Crippen LogP contribution in [0.1, 0.15) is 10.4 Å². The van der Waals surface area contributed by atoms with Crippen LogP contribution in [0.5, 0.6) is 0 Å². The number of carbonyl (C=O) groups is 1. The SMILES string of the molecule is COC(=O)c1cccc(-c2ccc(N)cc2)c1.Cl. The molecule has 0 atom stereocenters. The zero-order chi connectivity index (χ0) is 12.3. The zero-order valence-electron chi connectivity index (χ0n) is 9.92. The molecule has 94 valence electrons. The molecular weight excluding hydrogens is 250 g/mol. The average Bonchev–Trinajstić information content (AvgIpc) is 2.39. The summed E-state index contributed by atoms with van der Waals surface area (Å²) in [7, 11) is 1.37. The molecule has 2 rings (SSSR count). The number of benzene rings is 2. The minimum absolute atomic E-state index is 0. The van der Waals surface area contributed by atoms with Crippen molar-refractivity contribution >= 4 is 24.1 Å². The van der Waals surface area contributed by atoms with Crippen LogP contribution in [0.15, 0.2) is 48.5 Å². The second-order valence-electron chi connectivity index (χ2n) is 3.69. The van der Waals surface area contributed by atoms with E-state index in [1.165, 1.54) is 7.11 Å². The summed E-state index contributed by atoms with van der Waals surface area (Å²) in [5.74, 6) is -0.331. The van der Waals surface area contributed by atoms with E-state index in [0.717, 1.165) is 16.8 Å². The van der Waals surface area contributed by atoms with E-state index in [0.29, 0.717) is 5.56 Å². The minimum atomic E-state index is -0.331. The Hall–Kier alpha value is -2.00. The molecule has 0 radical (unpaired) electrons. The Kier molecular flexibility index (Phi) is 4.75. The fraction of sp³-hybridized carbons (Fsp3) is 0.0714. The molecule has 0 amide bonds. The number of nitrogens with two attached hydrogens (primary N) is 1. The molecule has 0 saturated carbocycles. The molecule has 0 heterocycles. The first-order valence-corrected chi connectivity index (χ1v) is 5.25. The number of rotatable bonds is 2. The Balaban J connectivity index is 0.00000162. The number of methoxy groups -OCH3 is 1. The summed E-state index contributed by atoms with van der Waals surface area (Å²) < 4.78 is 4.69. The van der Waals surface area contributed by atoms with Gasteiger partial charge in [0.15, 0.2) is 0 Å². The largest absolute Gasteiger partial charge is 0.465 e. The molecule has 0 saturated heterocycles. The van der Waals surface area contributed by atoms with E-state index < -0.39 is 0 Å². The van der Waals surface area contributed by atoms with Crippen molar-refractivity contribution < 1.29 is 9.53 Å². The third-order valence-corrected chi connectivity index (χ3v) is 2.53. The number of hydrogen-bond acceptors (Lipinski definition) is 3. The van der Waals surface area contributed by atoms with Crippen molar-refractivity contribution in [1.29, 1.82) is 0 Å². The monoisotopic (exact) mass is 263 g/mol. The van der Waals surface area contributed by atoms with Crippen molar-refractivity contribution in [2.24, 2.45) is 0 Å². The van der Waals surface area contributed by atoms with Gasteiger partial charge in [-0.1, -0.05) is 24.3 Å². The van der Waals surface area contributed by atoms with Crippen molar-refractivity contribution in [3.05, 3.63) is 54.1 Å². The highest BCUT2D eigenvalue weighted by Gasteiger charge is 2.06. The lowest BCUT2D eigenvalue weighted by Gasteiger charge is -2.04. The summed E-state index contributed by atoms with van der Waals surface area (Å²) in [4.78, 5) is 11.4. The molecule has 18 heavy (non-hydrogen) atoms. The lowest BCUT2D eigenvalue weighted by atomic mass is 10.0. The number of ether oxygens (including phenoxy) is 1. The maximum absolute atomic E-state index is 11.4. The first-order valence-electron chi connectivity index (χ1n) is 5.25. The Morgan fingerprint density at radius 3 is 2.33 bits per heavy atom. The van der Waals surface area contributed by atoms with Gasteiger partial charge in [-0.3, -0.25) is 0 Å². The van der Waals surface area contributed by atoms with E-state index >= 15 is 0 Å². The quantitative estimate of drug-likeness (QED) is 0.669. The van der Waals surface area contributed by atoms with Gasteiger partial charge in [-0.25, -0.2) is 4.79 Å². The lowest BCUT2D eigenvalue weighted by molar-refractivity contribution is 0.0601. The standard InChI is InChI=1S/C14H13NO2.ClH/c1-17-14(16)12-4-2-3-11(9-12)10-5-7-13(15)8-6-10;/h2-9H,15H2,1H3;1H. The summed E-state index contributed by atoms with van der Waals surface area (Å²) in [6, 6.07) is 14.8. The molecule has 0 spiro atoms. The second kappa shape index (κ2) is 6.07. The smallest absolute Gasteiger partial charge is 0.337 e. The van der Waals surface area contributed by atoms with Crippen LogP contribution in [0.2, 0.25) is 0 Å². The number of nitrogen functional groups attached to an aromatic ring is 1. The van der Waals surface area contributed by atoms with Crippen molar-refractivity contribution in [1.82, 2.24) is 0 Å². The van der Waals surface area contributed by atoms with Gasteiger partial charge in [-0.05, 0) is 35.4 Å². The Morgan fingerprint density at radius 2 is 1.72 bits per heavy atom. The molecule has 4 heteroatoms. The molecule has 0 aliphatic carbocycles. The van der Waals surface area contributed by atoms with Crippen LogP contribution in [0.25, 0.3) is 11.1 Å². The third-order valence-electron chi connectivity index (χ3n) is 2.53. The van der Waals surface area contributed by atoms with Crippen molar-refractivity contribution in [2.75, 3.05) is 12.8 Å². The average molecular weight is 264 g/mol. The minimum Gasteiger partial charge on any atom is -0.465 e. The van der Waals surface area contributed by atoms with E-state index in [-0.39, 0.29) is 18.4 Å². The maximum Gasteiger partial charge on any atom is 0.337 e. The van der Waals surface area contributed by atoms with E-state index in [1.807, 2.05) is 36.4 Å². The van der Waals surface area contributed by atoms with Gasteiger partial charge in [0.2, 0.25) is 0 Å². The third kappa shape index (κ3) is 3.02. The predicted molar refractivity (Wildman–Crippen MR) is 74.9 cm³/mol. The summed E-state index contributed by atoms with van der Waals surface area (Å²) in [6.45, 7) is 0. The van der Waals surface area contributed by atoms with Gasteiger partial charge in [0.1, 0.15) is 0 Å². The molecule has 2 aromatic rings. The van der Waals surface area contributed by atoms with Crippen molar-refractivity contribution in [2.45, 2.75) is 0 Å². The van der Waals surface area contributed by atoms with Gasteiger partial charge in [-0.2, -0.15) is 0 Å². The zero-order valence-corrected chi connectivity index (χ0v) is 10.7. The van der Waals surface area contributed by atoms with Gasteiger partial charge in [0.25, 0.3) is 0 Å². The molecule has 0 bridgehead atoms. The molecule has 0 aromatic heterocycles. The number of anilines is 1. The molecule has 0 aliphatic heterocycles. The van der Waals surface area contributed by atoms with Crippen LogP contribution in [0.3, 0.4) is 0 Å². The highest BCUT2D eigenvalue weighted by Crippen LogP contribution is 2.21. The fourth-order valence-corrected chi connectivity index (χ4v) is 1.62. The first kappa shape index (κ1) is 14.1. The van der Waals surface area contributed by atoms with Gasteiger partial charge < -0.3 is 10.5 Å². The molecule has 2 N–H and O–H groups in total. The van der Waals surface area contributed by atoms with Gasteiger partial charge >= 0.3 is 5.97 Å². The van der Waals surface area contributed by atoms with Crippen molar-refractivity contribution in [3.63, 3.8) is 0 Å². The predicted octanol–water partition coefficient (Wildman–Crippen LogP) is 3.14. The summed E-state index contributed by atoms with van der Waals surface area (Å²) in [5.41, 5.74) is 8.88. The maximum atomic E-state index is 11.4. The highest BCUT2D eigenvalue weighted by atomic mass is 35.5. The lowest BCUT2D eigenvalue weighted by Crippen LogP contribution is -2.00. The Labute approximate surface area is 112 Å². The summed E-state index contributed by atoms with van der Waals surface area (Å²) in [5, 5.41) is 0. The second-order valence-corrected chi connectivity index (χ2v) is 3.69. The number of hydrogen-bond donors (Lipinski definition) is 1. The fourth-order valence-electron chi connectivity index (χ4n) is 1.62. The number of esters is 1. The van der Waals surface area contributed by atoms with Crippen LogP contribution < -0.4 is 5.73 Å². The van der Waals surface area contributed by atoms with Gasteiger partial charge in [-0.15, -0.1) is 12.4 Å². The van der Waals surface area contributed by atoms with E-state index in [1.54, 1.807) is 12.1 Å². The van der Waals surface area contributed by atoms with E-state index in [2.05, 4.69) is 4.74 Å². The van der Waals surface area contributed by atoms with Crippen LogP contribution in [0.4, 0.5) is 5.69 Å². The molecule has 0 unspecified atom stereocenters. The molecule has 3 nitrogen and oxygen atoms in total.